The van der Waals surface area contributed by atoms with Crippen LogP contribution >= 0.6 is 11.3 Å². The highest BCUT2D eigenvalue weighted by Gasteiger charge is 2.49. The number of hydrogen-bond donors (Lipinski definition) is 0. The van der Waals surface area contributed by atoms with Crippen LogP contribution in [0, 0.1) is 17.6 Å². The van der Waals surface area contributed by atoms with Gasteiger partial charge in [-0.2, -0.15) is 0 Å². The molecule has 2 aromatic carbocycles. The summed E-state index contributed by atoms with van der Waals surface area (Å²) < 4.78 is 39.8. The van der Waals surface area contributed by atoms with E-state index in [1.165, 1.54) is 47.7 Å². The summed E-state index contributed by atoms with van der Waals surface area (Å²) in [6.45, 7) is 2.56. The van der Waals surface area contributed by atoms with Gasteiger partial charge in [-0.1, -0.05) is 24.3 Å². The molecule has 3 fully saturated rings. The molecule has 3 saturated heterocycles. The van der Waals surface area contributed by atoms with Crippen molar-refractivity contribution in [3.63, 3.8) is 0 Å². The summed E-state index contributed by atoms with van der Waals surface area (Å²) in [4.78, 5) is 29.8. The molecule has 6 rings (SSSR count). The maximum absolute atomic E-state index is 13.9. The molecular weight excluding hydrogens is 554 g/mol. The highest BCUT2D eigenvalue weighted by Crippen LogP contribution is 2.37. The number of rotatable bonds is 7. The average molecular weight is 579 g/mol. The normalized spacial score (nSPS) is 22.6. The third-order valence-corrected chi connectivity index (χ3v) is 7.77. The van der Waals surface area contributed by atoms with Crippen LogP contribution in [0.1, 0.15) is 39.9 Å². The monoisotopic (exact) mass is 578 g/mol. The standard InChI is InChI=1S/C26H25F2N2O4S.BrH/c27-20-5-1-3-18(13-20)24(19-4-2-6-21(28)14-19)34-26(32)33-23-16-30(10-7-17(23)8-11-30)15-22(31)25-29-9-12-35-25;/h1-6,9,12-14,17,23-24H,7-8,10-11,15-16H2;1H/q+1;/p-1/t17?,23-,30?;/m0./s1. The Balaban J connectivity index is 0.00000304. The molecule has 2 bridgehead atoms. The van der Waals surface area contributed by atoms with Crippen LogP contribution in [-0.2, 0) is 9.47 Å². The van der Waals surface area contributed by atoms with Gasteiger partial charge in [-0.05, 0) is 24.3 Å². The Morgan fingerprint density at radius 2 is 1.69 bits per heavy atom. The number of halogens is 3. The lowest BCUT2D eigenvalue weighted by Gasteiger charge is -2.51. The fourth-order valence-corrected chi connectivity index (χ4v) is 5.79. The molecule has 1 atom stereocenters. The molecule has 6 nitrogen and oxygen atoms in total. The van der Waals surface area contributed by atoms with Crippen molar-refractivity contribution in [2.24, 2.45) is 5.92 Å². The lowest BCUT2D eigenvalue weighted by molar-refractivity contribution is -0.938. The molecule has 3 aliphatic rings. The largest absolute Gasteiger partial charge is 1.00 e. The molecule has 0 amide bonds. The van der Waals surface area contributed by atoms with Crippen molar-refractivity contribution in [3.05, 3.63) is 87.9 Å². The molecule has 0 aliphatic carbocycles. The van der Waals surface area contributed by atoms with Crippen LogP contribution in [0.25, 0.3) is 0 Å². The van der Waals surface area contributed by atoms with E-state index < -0.39 is 30.0 Å². The number of aromatic nitrogens is 1. The van der Waals surface area contributed by atoms with Gasteiger partial charge in [0.15, 0.2) is 17.2 Å². The van der Waals surface area contributed by atoms with E-state index in [0.29, 0.717) is 33.7 Å². The number of fused-ring (bicyclic) bond motifs is 3. The number of piperidine rings is 3. The first kappa shape index (κ1) is 26.4. The van der Waals surface area contributed by atoms with Crippen molar-refractivity contribution in [2.75, 3.05) is 26.2 Å². The molecule has 0 N–H and O–H groups in total. The molecule has 3 aliphatic heterocycles. The van der Waals surface area contributed by atoms with E-state index in [9.17, 15) is 18.4 Å². The highest BCUT2D eigenvalue weighted by molar-refractivity contribution is 7.11. The van der Waals surface area contributed by atoms with Gasteiger partial charge in [0, 0.05) is 41.5 Å². The van der Waals surface area contributed by atoms with Crippen molar-refractivity contribution in [1.82, 2.24) is 4.98 Å². The minimum atomic E-state index is -1.02. The molecule has 10 heteroatoms. The van der Waals surface area contributed by atoms with E-state index in [4.69, 9.17) is 9.47 Å². The van der Waals surface area contributed by atoms with E-state index in [-0.39, 0.29) is 28.7 Å². The topological polar surface area (TPSA) is 65.5 Å². The van der Waals surface area contributed by atoms with E-state index in [1.54, 1.807) is 23.7 Å². The third-order valence-electron chi connectivity index (χ3n) is 6.96. The van der Waals surface area contributed by atoms with Crippen LogP contribution in [0.4, 0.5) is 13.6 Å². The highest BCUT2D eigenvalue weighted by atomic mass is 79.9. The van der Waals surface area contributed by atoms with Gasteiger partial charge in [-0.25, -0.2) is 18.6 Å². The van der Waals surface area contributed by atoms with Crippen molar-refractivity contribution in [1.29, 1.82) is 0 Å². The quantitative estimate of drug-likeness (QED) is 0.244. The predicted molar refractivity (Wildman–Crippen MR) is 125 cm³/mol. The summed E-state index contributed by atoms with van der Waals surface area (Å²) in [7, 11) is 0. The van der Waals surface area contributed by atoms with Crippen molar-refractivity contribution < 1.29 is 49.3 Å². The van der Waals surface area contributed by atoms with Gasteiger partial charge in [0.1, 0.15) is 24.7 Å². The van der Waals surface area contributed by atoms with E-state index in [1.807, 2.05) is 0 Å². The lowest BCUT2D eigenvalue weighted by atomic mass is 9.83. The van der Waals surface area contributed by atoms with Crippen LogP contribution in [0.5, 0.6) is 0 Å². The predicted octanol–water partition coefficient (Wildman–Crippen LogP) is 2.16. The molecule has 0 saturated carbocycles. The smallest absolute Gasteiger partial charge is 0.509 e. The molecule has 3 aromatic rings. The minimum Gasteiger partial charge on any atom is -1.00 e. The summed E-state index contributed by atoms with van der Waals surface area (Å²) in [5.74, 6) is -0.789. The number of quaternary nitrogens is 1. The zero-order valence-electron chi connectivity index (χ0n) is 19.3. The van der Waals surface area contributed by atoms with Crippen molar-refractivity contribution >= 4 is 23.3 Å². The number of hydrogen-bond acceptors (Lipinski definition) is 6. The fraction of sp³-hybridized carbons (Fsp3) is 0.346. The second-order valence-electron chi connectivity index (χ2n) is 9.24. The first-order valence-corrected chi connectivity index (χ1v) is 12.4. The minimum absolute atomic E-state index is 0. The summed E-state index contributed by atoms with van der Waals surface area (Å²) in [6, 6.07) is 11.3. The molecular formula is C26H25BrF2N2O4S. The molecule has 190 valence electrons. The van der Waals surface area contributed by atoms with Crippen molar-refractivity contribution in [3.8, 4) is 0 Å². The second kappa shape index (κ2) is 11.1. The molecule has 4 heterocycles. The third kappa shape index (κ3) is 5.82. The number of ether oxygens (including phenoxy) is 2. The Hall–Kier alpha value is -2.69. The average Bonchev–Trinajstić information content (AvgIpc) is 3.38. The van der Waals surface area contributed by atoms with Crippen molar-refractivity contribution in [2.45, 2.75) is 25.0 Å². The zero-order chi connectivity index (χ0) is 24.4. The molecule has 1 aromatic heterocycles. The molecule has 0 radical (unpaired) electrons. The van der Waals surface area contributed by atoms with Gasteiger partial charge >= 0.3 is 6.16 Å². The summed E-state index contributed by atoms with van der Waals surface area (Å²) in [6.07, 6.45) is 1.00. The first-order valence-electron chi connectivity index (χ1n) is 11.6. The number of ketones is 1. The maximum Gasteiger partial charge on any atom is 0.509 e. The number of thiazole rings is 1. The van der Waals surface area contributed by atoms with Crippen LogP contribution in [0.3, 0.4) is 0 Å². The number of Topliss-reactive ketones (excluding diaryl/α,β-unsaturated/α-hetero) is 1. The van der Waals surface area contributed by atoms with E-state index in [2.05, 4.69) is 4.98 Å². The Labute approximate surface area is 222 Å². The Morgan fingerprint density at radius 3 is 2.25 bits per heavy atom. The maximum atomic E-state index is 13.9. The SMILES string of the molecule is O=C(OC(c1cccc(F)c1)c1cccc(F)c1)O[C@H]1C[N+]2(CC(=O)c3nccs3)CCC1CC2.[Br-]. The molecule has 0 unspecified atom stereocenters. The first-order chi connectivity index (χ1) is 16.9. The van der Waals surface area contributed by atoms with Gasteiger partial charge < -0.3 is 30.9 Å². The van der Waals surface area contributed by atoms with Gasteiger partial charge in [-0.15, -0.1) is 11.3 Å². The van der Waals surface area contributed by atoms with Gasteiger partial charge in [0.2, 0.25) is 5.78 Å². The number of carbonyl (C=O) groups is 2. The van der Waals surface area contributed by atoms with Crippen LogP contribution in [-0.4, -0.2) is 53.7 Å². The van der Waals surface area contributed by atoms with Crippen LogP contribution in [0.15, 0.2) is 60.1 Å². The molecule has 36 heavy (non-hydrogen) atoms. The van der Waals surface area contributed by atoms with Gasteiger partial charge in [0.25, 0.3) is 0 Å². The van der Waals surface area contributed by atoms with E-state index >= 15 is 0 Å². The number of nitrogens with zero attached hydrogens (tertiary/aromatic N) is 2. The zero-order valence-corrected chi connectivity index (χ0v) is 21.7. The van der Waals surface area contributed by atoms with Crippen LogP contribution in [0.2, 0.25) is 0 Å². The number of carbonyl (C=O) groups excluding carboxylic acids is 2. The molecule has 0 spiro atoms. The van der Waals surface area contributed by atoms with Crippen LogP contribution < -0.4 is 17.0 Å². The summed E-state index contributed by atoms with van der Waals surface area (Å²) in [5, 5.41) is 2.28. The fourth-order valence-electron chi connectivity index (χ4n) is 5.23. The second-order valence-corrected chi connectivity index (χ2v) is 10.1. The Bertz CT molecular complexity index is 1170. The van der Waals surface area contributed by atoms with E-state index in [0.717, 1.165) is 25.9 Å². The Morgan fingerprint density at radius 1 is 1.06 bits per heavy atom. The number of benzene rings is 2. The summed E-state index contributed by atoms with van der Waals surface area (Å²) in [5.41, 5.74) is 0.748. The van der Waals surface area contributed by atoms with Gasteiger partial charge in [-0.3, -0.25) is 4.79 Å². The van der Waals surface area contributed by atoms with Gasteiger partial charge in [0.05, 0.1) is 13.1 Å². The Kier molecular flexibility index (Phi) is 8.17. The lowest BCUT2D eigenvalue weighted by Crippen LogP contribution is -3.00. The summed E-state index contributed by atoms with van der Waals surface area (Å²) >= 11 is 1.33.